The zero-order chi connectivity index (χ0) is 17.1. The Balaban J connectivity index is 2.53. The molecule has 1 aliphatic rings. The van der Waals surface area contributed by atoms with Crippen LogP contribution in [0.25, 0.3) is 0 Å². The molecule has 0 bridgehead atoms. The maximum Gasteiger partial charge on any atom is 0.320 e. The van der Waals surface area contributed by atoms with Gasteiger partial charge in [-0.2, -0.15) is 0 Å². The fourth-order valence-electron chi connectivity index (χ4n) is 2.92. The minimum Gasteiger partial charge on any atom is -0.455 e. The van der Waals surface area contributed by atoms with E-state index in [1.54, 1.807) is 7.11 Å². The van der Waals surface area contributed by atoms with Crippen LogP contribution in [-0.2, 0) is 19.0 Å². The van der Waals surface area contributed by atoms with E-state index in [-0.39, 0.29) is 24.7 Å². The first-order valence-corrected chi connectivity index (χ1v) is 8.84. The van der Waals surface area contributed by atoms with Gasteiger partial charge in [-0.3, -0.25) is 4.79 Å². The molecule has 0 unspecified atom stereocenters. The van der Waals surface area contributed by atoms with Crippen molar-refractivity contribution in [3.63, 3.8) is 0 Å². The third-order valence-electron chi connectivity index (χ3n) is 4.27. The first-order chi connectivity index (χ1) is 11.1. The molecule has 0 aliphatic carbocycles. The molecule has 134 valence electrons. The van der Waals surface area contributed by atoms with Gasteiger partial charge in [0.25, 0.3) is 0 Å². The summed E-state index contributed by atoms with van der Waals surface area (Å²) in [5, 5.41) is 0. The molecule has 1 heterocycles. The van der Waals surface area contributed by atoms with Crippen LogP contribution < -0.4 is 5.73 Å². The number of unbranched alkanes of at least 4 members (excludes halogenated alkanes) is 5. The monoisotopic (exact) mass is 327 g/mol. The van der Waals surface area contributed by atoms with Crippen LogP contribution in [0.3, 0.4) is 0 Å². The minimum atomic E-state index is -0.434. The summed E-state index contributed by atoms with van der Waals surface area (Å²) in [6, 6.07) is 0. The van der Waals surface area contributed by atoms with E-state index < -0.39 is 12.1 Å². The Morgan fingerprint density at radius 1 is 1.26 bits per heavy atom. The topological polar surface area (TPSA) is 70.8 Å². The van der Waals surface area contributed by atoms with Crippen LogP contribution in [0.5, 0.6) is 0 Å². The van der Waals surface area contributed by atoms with E-state index >= 15 is 0 Å². The van der Waals surface area contributed by atoms with Gasteiger partial charge < -0.3 is 19.9 Å². The lowest BCUT2D eigenvalue weighted by Crippen LogP contribution is -2.52. The highest BCUT2D eigenvalue weighted by atomic mass is 16.6. The van der Waals surface area contributed by atoms with Crippen molar-refractivity contribution < 1.29 is 19.0 Å². The standard InChI is InChI=1S/C18H33NO4/c1-4-5-6-7-8-9-10-11-15-18(23-16(20)12-19)17(21-3)14(2)13-22-15/h10-11,14-15,17-18H,4-9,12-13,19H2,1-3H3/b11-10-/t14-,15-,17-,18-/m0/s1. The summed E-state index contributed by atoms with van der Waals surface area (Å²) in [7, 11) is 1.64. The summed E-state index contributed by atoms with van der Waals surface area (Å²) >= 11 is 0. The predicted octanol–water partition coefficient (Wildman–Crippen LogP) is 2.82. The molecule has 1 saturated heterocycles. The van der Waals surface area contributed by atoms with E-state index in [1.165, 1.54) is 32.1 Å². The van der Waals surface area contributed by atoms with Crippen LogP contribution in [0.2, 0.25) is 0 Å². The van der Waals surface area contributed by atoms with E-state index in [4.69, 9.17) is 19.9 Å². The molecule has 2 N–H and O–H groups in total. The van der Waals surface area contributed by atoms with Crippen molar-refractivity contribution >= 4 is 5.97 Å². The lowest BCUT2D eigenvalue weighted by atomic mass is 9.93. The van der Waals surface area contributed by atoms with Gasteiger partial charge in [0.15, 0.2) is 6.10 Å². The van der Waals surface area contributed by atoms with Gasteiger partial charge in [-0.15, -0.1) is 0 Å². The second-order valence-corrected chi connectivity index (χ2v) is 6.27. The molecule has 0 radical (unpaired) electrons. The van der Waals surface area contributed by atoms with E-state index in [2.05, 4.69) is 13.0 Å². The molecule has 0 amide bonds. The van der Waals surface area contributed by atoms with Gasteiger partial charge in [0, 0.05) is 13.0 Å². The van der Waals surface area contributed by atoms with E-state index in [0.717, 1.165) is 6.42 Å². The number of allylic oxidation sites excluding steroid dienone is 1. The fourth-order valence-corrected chi connectivity index (χ4v) is 2.92. The molecular weight excluding hydrogens is 294 g/mol. The van der Waals surface area contributed by atoms with Gasteiger partial charge in [0.1, 0.15) is 12.2 Å². The first-order valence-electron chi connectivity index (χ1n) is 8.84. The van der Waals surface area contributed by atoms with E-state index in [0.29, 0.717) is 6.61 Å². The first kappa shape index (κ1) is 20.1. The second-order valence-electron chi connectivity index (χ2n) is 6.27. The Hall–Kier alpha value is -0.910. The maximum atomic E-state index is 11.6. The van der Waals surface area contributed by atoms with Crippen LogP contribution >= 0.6 is 0 Å². The third kappa shape index (κ3) is 7.02. The molecule has 0 aromatic carbocycles. The molecule has 5 heteroatoms. The Morgan fingerprint density at radius 2 is 2.00 bits per heavy atom. The highest BCUT2D eigenvalue weighted by molar-refractivity contribution is 5.71. The Morgan fingerprint density at radius 3 is 2.65 bits per heavy atom. The summed E-state index contributed by atoms with van der Waals surface area (Å²) in [6.07, 6.45) is 10.6. The number of rotatable bonds is 10. The highest BCUT2D eigenvalue weighted by Crippen LogP contribution is 2.26. The van der Waals surface area contributed by atoms with Crippen LogP contribution in [-0.4, -0.2) is 44.5 Å². The van der Waals surface area contributed by atoms with Gasteiger partial charge in [-0.1, -0.05) is 51.7 Å². The number of carbonyl (C=O) groups is 1. The molecule has 0 spiro atoms. The predicted molar refractivity (Wildman–Crippen MR) is 91.2 cm³/mol. The van der Waals surface area contributed by atoms with Crippen molar-refractivity contribution in [2.24, 2.45) is 11.7 Å². The molecule has 1 rings (SSSR count). The normalized spacial score (nSPS) is 28.2. The van der Waals surface area contributed by atoms with Gasteiger partial charge >= 0.3 is 5.97 Å². The number of methoxy groups -OCH3 is 1. The van der Waals surface area contributed by atoms with Crippen LogP contribution in [0.15, 0.2) is 12.2 Å². The molecule has 1 aliphatic heterocycles. The fraction of sp³-hybridized carbons (Fsp3) is 0.833. The molecule has 23 heavy (non-hydrogen) atoms. The second kappa shape index (κ2) is 11.6. The minimum absolute atomic E-state index is 0.130. The van der Waals surface area contributed by atoms with E-state index in [1.807, 2.05) is 13.0 Å². The lowest BCUT2D eigenvalue weighted by molar-refractivity contribution is -0.189. The maximum absolute atomic E-state index is 11.6. The summed E-state index contributed by atoms with van der Waals surface area (Å²) < 4.78 is 16.8. The van der Waals surface area contributed by atoms with Gasteiger partial charge in [0.2, 0.25) is 0 Å². The van der Waals surface area contributed by atoms with Crippen LogP contribution in [0, 0.1) is 5.92 Å². The summed E-state index contributed by atoms with van der Waals surface area (Å²) in [6.45, 7) is 4.72. The number of nitrogens with two attached hydrogens (primary N) is 1. The Labute approximate surface area is 140 Å². The van der Waals surface area contributed by atoms with Crippen molar-refractivity contribution in [1.29, 1.82) is 0 Å². The van der Waals surface area contributed by atoms with Crippen molar-refractivity contribution in [3.05, 3.63) is 12.2 Å². The summed E-state index contributed by atoms with van der Waals surface area (Å²) in [4.78, 5) is 11.6. The number of esters is 1. The number of hydrogen-bond acceptors (Lipinski definition) is 5. The molecule has 0 aromatic rings. The van der Waals surface area contributed by atoms with Crippen molar-refractivity contribution in [2.75, 3.05) is 20.3 Å². The number of ether oxygens (including phenoxy) is 3. The van der Waals surface area contributed by atoms with Gasteiger partial charge in [-0.05, 0) is 12.8 Å². The molecule has 0 saturated carbocycles. The zero-order valence-corrected chi connectivity index (χ0v) is 14.8. The average Bonchev–Trinajstić information content (AvgIpc) is 2.55. The lowest BCUT2D eigenvalue weighted by Gasteiger charge is -2.39. The average molecular weight is 327 g/mol. The molecule has 4 atom stereocenters. The SMILES string of the molecule is CCCCCCC/C=C\[C@@H]1OC[C@H](C)[C@H](OC)[C@H]1OC(=O)CN. The molecule has 5 nitrogen and oxygen atoms in total. The summed E-state index contributed by atoms with van der Waals surface area (Å²) in [5.41, 5.74) is 5.36. The van der Waals surface area contributed by atoms with Gasteiger partial charge in [0.05, 0.1) is 13.2 Å². The van der Waals surface area contributed by atoms with Crippen molar-refractivity contribution in [3.8, 4) is 0 Å². The molecule has 0 aromatic heterocycles. The van der Waals surface area contributed by atoms with Crippen molar-refractivity contribution in [1.82, 2.24) is 0 Å². The largest absolute Gasteiger partial charge is 0.455 e. The van der Waals surface area contributed by atoms with E-state index in [9.17, 15) is 4.79 Å². The van der Waals surface area contributed by atoms with Crippen LogP contribution in [0.4, 0.5) is 0 Å². The quantitative estimate of drug-likeness (QED) is 0.379. The Bertz CT molecular complexity index is 359. The smallest absolute Gasteiger partial charge is 0.320 e. The molecule has 1 fully saturated rings. The summed E-state index contributed by atoms with van der Waals surface area (Å²) in [5.74, 6) is -0.248. The van der Waals surface area contributed by atoms with Crippen molar-refractivity contribution in [2.45, 2.75) is 70.7 Å². The number of hydrogen-bond donors (Lipinski definition) is 1. The van der Waals surface area contributed by atoms with Crippen LogP contribution in [0.1, 0.15) is 52.4 Å². The molecular formula is C18H33NO4. The zero-order valence-electron chi connectivity index (χ0n) is 14.8. The van der Waals surface area contributed by atoms with Gasteiger partial charge in [-0.25, -0.2) is 0 Å². The highest BCUT2D eigenvalue weighted by Gasteiger charge is 2.40. The number of carbonyl (C=O) groups excluding carboxylic acids is 1. The Kier molecular flexibility index (Phi) is 10.2. The third-order valence-corrected chi connectivity index (χ3v) is 4.27.